The molecule has 0 saturated carbocycles. The molecule has 1 rings (SSSR count). The summed E-state index contributed by atoms with van der Waals surface area (Å²) in [5.41, 5.74) is -0.254. The minimum atomic E-state index is -0.254. The number of hydrogen-bond donors (Lipinski definition) is 1. The maximum atomic E-state index is 9.33. The zero-order valence-corrected chi connectivity index (χ0v) is 9.51. The van der Waals surface area contributed by atoms with Gasteiger partial charge < -0.3 is 5.32 Å². The van der Waals surface area contributed by atoms with Crippen LogP contribution in [0.15, 0.2) is 0 Å². The quantitative estimate of drug-likeness (QED) is 0.739. The summed E-state index contributed by atoms with van der Waals surface area (Å²) in [5, 5.41) is 12.7. The number of rotatable bonds is 3. The summed E-state index contributed by atoms with van der Waals surface area (Å²) in [5.74, 6) is 0. The Balaban J connectivity index is 2.72. The molecule has 0 bridgehead atoms. The molecule has 1 aliphatic rings. The van der Waals surface area contributed by atoms with Crippen LogP contribution in [-0.4, -0.2) is 36.1 Å². The smallest absolute Gasteiger partial charge is 0.121 e. The van der Waals surface area contributed by atoms with Crippen LogP contribution in [-0.2, 0) is 0 Å². The predicted molar refractivity (Wildman–Crippen MR) is 58.0 cm³/mol. The third-order valence-electron chi connectivity index (χ3n) is 3.31. The van der Waals surface area contributed by atoms with Gasteiger partial charge in [-0.15, -0.1) is 0 Å². The molecule has 1 saturated heterocycles. The Hall–Kier alpha value is -0.590. The highest BCUT2D eigenvalue weighted by Crippen LogP contribution is 2.25. The molecule has 1 fully saturated rings. The lowest BCUT2D eigenvalue weighted by Crippen LogP contribution is -2.58. The maximum Gasteiger partial charge on any atom is 0.121 e. The molecule has 0 aromatic rings. The first kappa shape index (κ1) is 11.5. The summed E-state index contributed by atoms with van der Waals surface area (Å²) in [6.45, 7) is 9.16. The monoisotopic (exact) mass is 195 g/mol. The lowest BCUT2D eigenvalue weighted by molar-refractivity contribution is 0.110. The van der Waals surface area contributed by atoms with Gasteiger partial charge in [0.2, 0.25) is 0 Å². The van der Waals surface area contributed by atoms with Crippen molar-refractivity contribution in [1.82, 2.24) is 10.2 Å². The standard InChI is InChI=1S/C11H21N3/c1-4-14(5-2)11(8-12)7-6-10(3)13-9-11/h10,13H,4-7,9H2,1-3H3. The summed E-state index contributed by atoms with van der Waals surface area (Å²) < 4.78 is 0. The molecular weight excluding hydrogens is 174 g/mol. The Morgan fingerprint density at radius 1 is 1.50 bits per heavy atom. The molecule has 0 radical (unpaired) electrons. The van der Waals surface area contributed by atoms with Crippen LogP contribution >= 0.6 is 0 Å². The molecule has 0 amide bonds. The molecule has 80 valence electrons. The van der Waals surface area contributed by atoms with E-state index in [4.69, 9.17) is 0 Å². The van der Waals surface area contributed by atoms with Gasteiger partial charge >= 0.3 is 0 Å². The second-order valence-corrected chi connectivity index (χ2v) is 4.14. The van der Waals surface area contributed by atoms with Crippen molar-refractivity contribution >= 4 is 0 Å². The van der Waals surface area contributed by atoms with Crippen molar-refractivity contribution in [3.63, 3.8) is 0 Å². The van der Waals surface area contributed by atoms with Gasteiger partial charge in [0.05, 0.1) is 6.07 Å². The number of nitrogens with one attached hydrogen (secondary N) is 1. The second kappa shape index (κ2) is 4.77. The third kappa shape index (κ3) is 2.08. The summed E-state index contributed by atoms with van der Waals surface area (Å²) in [6.07, 6.45) is 2.10. The zero-order valence-electron chi connectivity index (χ0n) is 9.51. The van der Waals surface area contributed by atoms with Crippen molar-refractivity contribution in [2.45, 2.75) is 45.2 Å². The third-order valence-corrected chi connectivity index (χ3v) is 3.31. The van der Waals surface area contributed by atoms with Gasteiger partial charge in [0, 0.05) is 12.6 Å². The Morgan fingerprint density at radius 3 is 2.50 bits per heavy atom. The van der Waals surface area contributed by atoms with E-state index in [9.17, 15) is 5.26 Å². The lowest BCUT2D eigenvalue weighted by Gasteiger charge is -2.42. The summed E-state index contributed by atoms with van der Waals surface area (Å²) in [7, 11) is 0. The highest BCUT2D eigenvalue weighted by atomic mass is 15.2. The van der Waals surface area contributed by atoms with Gasteiger partial charge in [-0.1, -0.05) is 13.8 Å². The topological polar surface area (TPSA) is 39.1 Å². The van der Waals surface area contributed by atoms with Gasteiger partial charge in [-0.25, -0.2) is 0 Å². The molecule has 2 atom stereocenters. The first-order valence-electron chi connectivity index (χ1n) is 5.58. The molecule has 0 aromatic carbocycles. The molecule has 1 heterocycles. The van der Waals surface area contributed by atoms with Crippen LogP contribution < -0.4 is 5.32 Å². The highest BCUT2D eigenvalue weighted by Gasteiger charge is 2.38. The Morgan fingerprint density at radius 2 is 2.14 bits per heavy atom. The van der Waals surface area contributed by atoms with E-state index >= 15 is 0 Å². The fraction of sp³-hybridized carbons (Fsp3) is 0.909. The normalized spacial score (nSPS) is 32.9. The Kier molecular flexibility index (Phi) is 3.91. The van der Waals surface area contributed by atoms with E-state index in [1.54, 1.807) is 0 Å². The van der Waals surface area contributed by atoms with Crippen molar-refractivity contribution < 1.29 is 0 Å². The number of nitriles is 1. The molecule has 0 aliphatic carbocycles. The van der Waals surface area contributed by atoms with Crippen molar-refractivity contribution in [2.75, 3.05) is 19.6 Å². The SMILES string of the molecule is CCN(CC)C1(C#N)CCC(C)NC1. The number of hydrogen-bond acceptors (Lipinski definition) is 3. The first-order valence-corrected chi connectivity index (χ1v) is 5.58. The largest absolute Gasteiger partial charge is 0.311 e. The fourth-order valence-corrected chi connectivity index (χ4v) is 2.25. The van der Waals surface area contributed by atoms with E-state index in [1.165, 1.54) is 0 Å². The molecule has 2 unspecified atom stereocenters. The lowest BCUT2D eigenvalue weighted by atomic mass is 9.87. The number of nitrogens with zero attached hydrogens (tertiary/aromatic N) is 2. The van der Waals surface area contributed by atoms with Crippen molar-refractivity contribution in [3.8, 4) is 6.07 Å². The van der Waals surface area contributed by atoms with Crippen LogP contribution in [0.5, 0.6) is 0 Å². The van der Waals surface area contributed by atoms with Gasteiger partial charge in [0.15, 0.2) is 0 Å². The number of likely N-dealkylation sites (N-methyl/N-ethyl adjacent to an activating group) is 1. The average molecular weight is 195 g/mol. The van der Waals surface area contributed by atoms with Gasteiger partial charge in [0.1, 0.15) is 5.54 Å². The van der Waals surface area contributed by atoms with Crippen LogP contribution in [0.3, 0.4) is 0 Å². The summed E-state index contributed by atoms with van der Waals surface area (Å²) >= 11 is 0. The maximum absolute atomic E-state index is 9.33. The van der Waals surface area contributed by atoms with E-state index < -0.39 is 0 Å². The highest BCUT2D eigenvalue weighted by molar-refractivity contribution is 5.12. The Bertz CT molecular complexity index is 207. The minimum Gasteiger partial charge on any atom is -0.311 e. The zero-order chi connectivity index (χ0) is 10.6. The first-order chi connectivity index (χ1) is 6.68. The predicted octanol–water partition coefficient (Wildman–Crippen LogP) is 1.36. The van der Waals surface area contributed by atoms with Crippen LogP contribution in [0, 0.1) is 11.3 Å². The van der Waals surface area contributed by atoms with E-state index in [0.717, 1.165) is 32.5 Å². The van der Waals surface area contributed by atoms with E-state index in [2.05, 4.69) is 37.1 Å². The molecule has 1 N–H and O–H groups in total. The molecule has 1 aliphatic heterocycles. The Labute approximate surface area is 87.1 Å². The fourth-order valence-electron chi connectivity index (χ4n) is 2.25. The van der Waals surface area contributed by atoms with Crippen LogP contribution in [0.4, 0.5) is 0 Å². The van der Waals surface area contributed by atoms with Gasteiger partial charge in [-0.05, 0) is 32.9 Å². The van der Waals surface area contributed by atoms with Gasteiger partial charge in [0.25, 0.3) is 0 Å². The van der Waals surface area contributed by atoms with Gasteiger partial charge in [-0.3, -0.25) is 4.90 Å². The van der Waals surface area contributed by atoms with Crippen LogP contribution in [0.1, 0.15) is 33.6 Å². The van der Waals surface area contributed by atoms with E-state index in [1.807, 2.05) is 0 Å². The number of piperidine rings is 1. The van der Waals surface area contributed by atoms with Crippen molar-refractivity contribution in [1.29, 1.82) is 5.26 Å². The van der Waals surface area contributed by atoms with E-state index in [-0.39, 0.29) is 5.54 Å². The molecular formula is C11H21N3. The second-order valence-electron chi connectivity index (χ2n) is 4.14. The summed E-state index contributed by atoms with van der Waals surface area (Å²) in [6, 6.07) is 3.07. The molecule has 0 aromatic heterocycles. The molecule has 0 spiro atoms. The van der Waals surface area contributed by atoms with Crippen molar-refractivity contribution in [3.05, 3.63) is 0 Å². The molecule has 3 heteroatoms. The minimum absolute atomic E-state index is 0.254. The molecule has 14 heavy (non-hydrogen) atoms. The summed E-state index contributed by atoms with van der Waals surface area (Å²) in [4.78, 5) is 2.27. The van der Waals surface area contributed by atoms with Crippen molar-refractivity contribution in [2.24, 2.45) is 0 Å². The van der Waals surface area contributed by atoms with Crippen LogP contribution in [0.2, 0.25) is 0 Å². The average Bonchev–Trinajstić information content (AvgIpc) is 2.23. The van der Waals surface area contributed by atoms with Crippen LogP contribution in [0.25, 0.3) is 0 Å². The van der Waals surface area contributed by atoms with E-state index in [0.29, 0.717) is 6.04 Å². The molecule has 3 nitrogen and oxygen atoms in total. The van der Waals surface area contributed by atoms with Gasteiger partial charge in [-0.2, -0.15) is 5.26 Å².